The van der Waals surface area contributed by atoms with E-state index in [1.807, 2.05) is 0 Å². The van der Waals surface area contributed by atoms with Gasteiger partial charge in [-0.1, -0.05) is 30.3 Å². The van der Waals surface area contributed by atoms with Gasteiger partial charge in [0.1, 0.15) is 11.6 Å². The molecule has 0 spiro atoms. The van der Waals surface area contributed by atoms with E-state index in [0.29, 0.717) is 5.56 Å². The van der Waals surface area contributed by atoms with Gasteiger partial charge < -0.3 is 9.05 Å². The first-order valence-electron chi connectivity index (χ1n) is 9.97. The zero-order chi connectivity index (χ0) is 23.4. The van der Waals surface area contributed by atoms with Gasteiger partial charge in [-0.2, -0.15) is 13.2 Å². The standard InChI is InChI=1S/C22H28F4NO3P/c1-14(2)29-31(28,30-15(3)4)21(19-8-6-7-9-20(19)22(24,25)26)27-16(5)17-10-12-18(23)13-11-17/h6-16,21,27H,1-5H3/t16-,21?/m1/s1. The molecule has 1 N–H and O–H groups in total. The van der Waals surface area contributed by atoms with E-state index < -0.39 is 49.2 Å². The van der Waals surface area contributed by atoms with Crippen LogP contribution in [0.25, 0.3) is 0 Å². The fourth-order valence-electron chi connectivity index (χ4n) is 3.16. The normalized spacial score (nSPS) is 14.8. The van der Waals surface area contributed by atoms with Crippen LogP contribution in [0.2, 0.25) is 0 Å². The average molecular weight is 461 g/mol. The smallest absolute Gasteiger partial charge is 0.304 e. The van der Waals surface area contributed by atoms with Crippen LogP contribution in [0.3, 0.4) is 0 Å². The fourth-order valence-corrected chi connectivity index (χ4v) is 5.60. The fraction of sp³-hybridized carbons (Fsp3) is 0.455. The zero-order valence-electron chi connectivity index (χ0n) is 18.1. The molecule has 0 fully saturated rings. The second-order valence-corrected chi connectivity index (χ2v) is 9.79. The number of nitrogens with one attached hydrogen (secondary N) is 1. The minimum atomic E-state index is -4.67. The summed E-state index contributed by atoms with van der Waals surface area (Å²) in [5, 5.41) is 3.00. The maximum atomic E-state index is 13.9. The summed E-state index contributed by atoms with van der Waals surface area (Å²) < 4.78 is 79.8. The van der Waals surface area contributed by atoms with Gasteiger partial charge in [0.15, 0.2) is 0 Å². The van der Waals surface area contributed by atoms with Gasteiger partial charge in [-0.25, -0.2) is 4.39 Å². The van der Waals surface area contributed by atoms with E-state index in [1.165, 1.54) is 42.5 Å². The van der Waals surface area contributed by atoms with Gasteiger partial charge in [0.2, 0.25) is 0 Å². The van der Waals surface area contributed by atoms with Gasteiger partial charge in [-0.15, -0.1) is 0 Å². The second kappa shape index (κ2) is 10.3. The lowest BCUT2D eigenvalue weighted by Crippen LogP contribution is -2.29. The van der Waals surface area contributed by atoms with Gasteiger partial charge in [0.25, 0.3) is 0 Å². The number of hydrogen-bond acceptors (Lipinski definition) is 4. The molecule has 0 aliphatic carbocycles. The Balaban J connectivity index is 2.61. The molecule has 0 aliphatic heterocycles. The Morgan fingerprint density at radius 2 is 1.39 bits per heavy atom. The summed E-state index contributed by atoms with van der Waals surface area (Å²) in [6, 6.07) is 9.85. The van der Waals surface area contributed by atoms with Gasteiger partial charge in [-0.3, -0.25) is 9.88 Å². The van der Waals surface area contributed by atoms with E-state index in [2.05, 4.69) is 5.32 Å². The van der Waals surface area contributed by atoms with E-state index in [4.69, 9.17) is 9.05 Å². The summed E-state index contributed by atoms with van der Waals surface area (Å²) in [4.78, 5) is 0. The van der Waals surface area contributed by atoms with E-state index in [0.717, 1.165) is 6.07 Å². The quantitative estimate of drug-likeness (QED) is 0.316. The predicted molar refractivity (Wildman–Crippen MR) is 112 cm³/mol. The predicted octanol–water partition coefficient (Wildman–Crippen LogP) is 7.24. The molecule has 0 heterocycles. The largest absolute Gasteiger partial charge is 0.416 e. The van der Waals surface area contributed by atoms with Gasteiger partial charge in [0, 0.05) is 6.04 Å². The van der Waals surface area contributed by atoms with Crippen molar-refractivity contribution in [2.45, 2.75) is 64.8 Å². The van der Waals surface area contributed by atoms with Crippen molar-refractivity contribution < 1.29 is 31.2 Å². The van der Waals surface area contributed by atoms with E-state index in [1.54, 1.807) is 34.6 Å². The first-order valence-corrected chi connectivity index (χ1v) is 11.6. The molecule has 172 valence electrons. The van der Waals surface area contributed by atoms with E-state index in [9.17, 15) is 22.1 Å². The zero-order valence-corrected chi connectivity index (χ0v) is 19.0. The van der Waals surface area contributed by atoms with Crippen molar-refractivity contribution in [2.75, 3.05) is 0 Å². The monoisotopic (exact) mass is 461 g/mol. The van der Waals surface area contributed by atoms with Gasteiger partial charge in [-0.05, 0) is 63.9 Å². The number of benzene rings is 2. The molecule has 0 aliphatic rings. The topological polar surface area (TPSA) is 47.6 Å². The molecule has 0 bridgehead atoms. The summed E-state index contributed by atoms with van der Waals surface area (Å²) in [6.45, 7) is 8.21. The SMILES string of the molecule is CC(C)OP(=O)(OC(C)C)C(N[C@H](C)c1ccc(F)cc1)c1ccccc1C(F)(F)F. The third-order valence-electron chi connectivity index (χ3n) is 4.37. The Bertz CT molecular complexity index is 886. The molecular formula is C22H28F4NO3P. The van der Waals surface area contributed by atoms with Gasteiger partial charge in [0.05, 0.1) is 17.8 Å². The summed E-state index contributed by atoms with van der Waals surface area (Å²) in [5.41, 5.74) is -0.566. The number of hydrogen-bond donors (Lipinski definition) is 1. The lowest BCUT2D eigenvalue weighted by atomic mass is 10.0. The highest BCUT2D eigenvalue weighted by Crippen LogP contribution is 2.62. The minimum Gasteiger partial charge on any atom is -0.304 e. The molecule has 2 rings (SSSR count). The van der Waals surface area contributed by atoms with Crippen LogP contribution in [0.15, 0.2) is 48.5 Å². The molecule has 0 amide bonds. The van der Waals surface area contributed by atoms with Crippen molar-refractivity contribution in [2.24, 2.45) is 0 Å². The lowest BCUT2D eigenvalue weighted by Gasteiger charge is -2.34. The van der Waals surface area contributed by atoms with Crippen LogP contribution < -0.4 is 5.32 Å². The average Bonchev–Trinajstić information content (AvgIpc) is 2.64. The Labute approximate surface area is 180 Å². The molecule has 2 aromatic carbocycles. The highest BCUT2D eigenvalue weighted by atomic mass is 31.2. The van der Waals surface area contributed by atoms with Crippen LogP contribution in [0.1, 0.15) is 63.1 Å². The summed E-state index contributed by atoms with van der Waals surface area (Å²) in [6.07, 6.45) is -5.79. The first kappa shape index (κ1) is 25.5. The molecule has 2 aromatic rings. The maximum absolute atomic E-state index is 13.9. The molecule has 31 heavy (non-hydrogen) atoms. The molecule has 2 atom stereocenters. The van der Waals surface area contributed by atoms with Crippen molar-refractivity contribution in [3.8, 4) is 0 Å². The molecule has 4 nitrogen and oxygen atoms in total. The number of alkyl halides is 3. The molecule has 0 radical (unpaired) electrons. The molecule has 0 saturated carbocycles. The van der Waals surface area contributed by atoms with Crippen LogP contribution in [-0.4, -0.2) is 12.2 Å². The second-order valence-electron chi connectivity index (χ2n) is 7.78. The van der Waals surface area contributed by atoms with Crippen molar-refractivity contribution >= 4 is 7.60 Å². The van der Waals surface area contributed by atoms with Crippen molar-refractivity contribution in [3.63, 3.8) is 0 Å². The summed E-state index contributed by atoms with van der Waals surface area (Å²) in [5.74, 6) is -1.85. The highest BCUT2D eigenvalue weighted by molar-refractivity contribution is 7.54. The molecule has 9 heteroatoms. The Morgan fingerprint density at radius 3 is 1.87 bits per heavy atom. The molecule has 0 aromatic heterocycles. The molecular weight excluding hydrogens is 433 g/mol. The lowest BCUT2D eigenvalue weighted by molar-refractivity contribution is -0.138. The van der Waals surface area contributed by atoms with Crippen molar-refractivity contribution in [3.05, 3.63) is 71.0 Å². The number of halogens is 4. The van der Waals surface area contributed by atoms with Crippen molar-refractivity contribution in [1.29, 1.82) is 0 Å². The van der Waals surface area contributed by atoms with Gasteiger partial charge >= 0.3 is 13.8 Å². The highest BCUT2D eigenvalue weighted by Gasteiger charge is 2.44. The van der Waals surface area contributed by atoms with Crippen LogP contribution in [-0.2, 0) is 19.8 Å². The van der Waals surface area contributed by atoms with E-state index in [-0.39, 0.29) is 5.56 Å². The van der Waals surface area contributed by atoms with E-state index >= 15 is 0 Å². The van der Waals surface area contributed by atoms with Crippen LogP contribution >= 0.6 is 7.60 Å². The Hall–Kier alpha value is -1.73. The molecule has 0 saturated heterocycles. The third-order valence-corrected chi connectivity index (χ3v) is 6.86. The minimum absolute atomic E-state index is 0.242. The van der Waals surface area contributed by atoms with Crippen LogP contribution in [0.5, 0.6) is 0 Å². The van der Waals surface area contributed by atoms with Crippen molar-refractivity contribution in [1.82, 2.24) is 5.32 Å². The first-order chi connectivity index (χ1) is 14.3. The third kappa shape index (κ3) is 6.88. The maximum Gasteiger partial charge on any atom is 0.416 e. The van der Waals surface area contributed by atoms with Crippen LogP contribution in [0, 0.1) is 5.82 Å². The van der Waals surface area contributed by atoms with Crippen LogP contribution in [0.4, 0.5) is 17.6 Å². The number of rotatable bonds is 9. The Morgan fingerprint density at radius 1 is 0.871 bits per heavy atom. The summed E-state index contributed by atoms with van der Waals surface area (Å²) >= 11 is 0. The Kier molecular flexibility index (Phi) is 8.45. The molecule has 1 unspecified atom stereocenters. The summed E-state index contributed by atoms with van der Waals surface area (Å²) in [7, 11) is -4.13.